The van der Waals surface area contributed by atoms with Crippen molar-refractivity contribution in [3.63, 3.8) is 0 Å². The van der Waals surface area contributed by atoms with Crippen LogP contribution in [0, 0.1) is 0 Å². The van der Waals surface area contributed by atoms with Crippen LogP contribution in [0.5, 0.6) is 11.5 Å². The number of carboxylic acid groups (broad SMARTS) is 1. The van der Waals surface area contributed by atoms with Gasteiger partial charge in [-0.05, 0) is 30.8 Å². The quantitative estimate of drug-likeness (QED) is 0.299. The number of hydrogen-bond donors (Lipinski definition) is 6. The van der Waals surface area contributed by atoms with Crippen molar-refractivity contribution in [2.45, 2.75) is 37.3 Å². The van der Waals surface area contributed by atoms with Crippen LogP contribution in [0.2, 0.25) is 6.32 Å². The lowest BCUT2D eigenvalue weighted by atomic mass is 9.82. The molecule has 1 amide bonds. The van der Waals surface area contributed by atoms with E-state index in [1.165, 1.54) is 12.1 Å². The number of aromatic carboxylic acids is 1. The monoisotopic (exact) mass is 393 g/mol. The van der Waals surface area contributed by atoms with E-state index in [2.05, 4.69) is 5.32 Å². The van der Waals surface area contributed by atoms with Crippen molar-refractivity contribution in [1.82, 2.24) is 10.2 Å². The summed E-state index contributed by atoms with van der Waals surface area (Å²) in [6.07, 6.45) is 0.279. The molecule has 0 aliphatic carbocycles. The molecule has 11 heteroatoms. The fraction of sp³-hybridized carbons (Fsp3) is 0.529. The molecule has 2 fully saturated rings. The summed E-state index contributed by atoms with van der Waals surface area (Å²) < 4.78 is 5.69. The minimum absolute atomic E-state index is 0.0106. The summed E-state index contributed by atoms with van der Waals surface area (Å²) in [5.41, 5.74) is 5.70. The van der Waals surface area contributed by atoms with Gasteiger partial charge in [-0.2, -0.15) is 0 Å². The number of nitrogens with two attached hydrogens (primary N) is 1. The van der Waals surface area contributed by atoms with Crippen LogP contribution in [0.4, 0.5) is 0 Å². The second kappa shape index (κ2) is 8.35. The lowest BCUT2D eigenvalue weighted by Crippen LogP contribution is -2.59. The lowest BCUT2D eigenvalue weighted by Gasteiger charge is -2.40. The van der Waals surface area contributed by atoms with Crippen molar-refractivity contribution >= 4 is 19.0 Å². The van der Waals surface area contributed by atoms with Crippen molar-refractivity contribution in [2.24, 2.45) is 5.73 Å². The lowest BCUT2D eigenvalue weighted by molar-refractivity contribution is -0.142. The number of phenols is 1. The smallest absolute Gasteiger partial charge is 0.451 e. The number of nitrogens with zero attached hydrogens (tertiary/aromatic N) is 1. The predicted molar refractivity (Wildman–Crippen MR) is 99.1 cm³/mol. The Balaban J connectivity index is 1.62. The maximum atomic E-state index is 12.3. The Hall–Kier alpha value is -2.34. The molecule has 7 N–H and O–H groups in total. The summed E-state index contributed by atoms with van der Waals surface area (Å²) in [7, 11) is -1.55. The zero-order chi connectivity index (χ0) is 20.4. The van der Waals surface area contributed by atoms with Gasteiger partial charge < -0.3 is 40.9 Å². The summed E-state index contributed by atoms with van der Waals surface area (Å²) in [5, 5.41) is 40.7. The molecule has 0 spiro atoms. The molecular weight excluding hydrogens is 369 g/mol. The fourth-order valence-electron chi connectivity index (χ4n) is 3.45. The van der Waals surface area contributed by atoms with Crippen molar-refractivity contribution in [3.05, 3.63) is 23.3 Å². The van der Waals surface area contributed by atoms with Gasteiger partial charge >= 0.3 is 13.1 Å². The molecular formula is C17H24BN3O7. The number of likely N-dealkylation sites (tertiary alicyclic amines) is 1. The second-order valence-corrected chi connectivity index (χ2v) is 7.21. The van der Waals surface area contributed by atoms with Gasteiger partial charge in [0.05, 0.1) is 19.1 Å². The van der Waals surface area contributed by atoms with Gasteiger partial charge in [-0.25, -0.2) is 4.79 Å². The van der Waals surface area contributed by atoms with Crippen LogP contribution in [0.15, 0.2) is 12.1 Å². The summed E-state index contributed by atoms with van der Waals surface area (Å²) in [6, 6.07) is 2.60. The molecule has 0 bridgehead atoms. The third-order valence-electron chi connectivity index (χ3n) is 5.03. The zero-order valence-corrected chi connectivity index (χ0v) is 15.2. The number of amides is 1. The van der Waals surface area contributed by atoms with E-state index in [4.69, 9.17) is 20.5 Å². The van der Waals surface area contributed by atoms with Crippen LogP contribution in [0.25, 0.3) is 0 Å². The molecule has 10 nitrogen and oxygen atoms in total. The number of carbonyl (C=O) groups is 2. The molecule has 3 rings (SSSR count). The first kappa shape index (κ1) is 20.4. The van der Waals surface area contributed by atoms with Gasteiger partial charge in [0.1, 0.15) is 23.2 Å². The Morgan fingerprint density at radius 2 is 2.04 bits per heavy atom. The van der Waals surface area contributed by atoms with E-state index in [0.717, 1.165) is 0 Å². The van der Waals surface area contributed by atoms with Gasteiger partial charge in [0.15, 0.2) is 0 Å². The molecule has 2 aliphatic rings. The van der Waals surface area contributed by atoms with E-state index in [1.54, 1.807) is 4.90 Å². The fourth-order valence-corrected chi connectivity index (χ4v) is 3.45. The highest BCUT2D eigenvalue weighted by Crippen LogP contribution is 2.34. The highest BCUT2D eigenvalue weighted by Gasteiger charge is 2.38. The van der Waals surface area contributed by atoms with Crippen LogP contribution in [0.3, 0.4) is 0 Å². The summed E-state index contributed by atoms with van der Waals surface area (Å²) in [5.74, 6) is -1.85. The van der Waals surface area contributed by atoms with Crippen LogP contribution in [-0.2, 0) is 11.2 Å². The van der Waals surface area contributed by atoms with E-state index in [9.17, 15) is 19.8 Å². The van der Waals surface area contributed by atoms with Crippen molar-refractivity contribution in [2.75, 3.05) is 19.6 Å². The second-order valence-electron chi connectivity index (χ2n) is 7.21. The Bertz CT molecular complexity index is 755. The summed E-state index contributed by atoms with van der Waals surface area (Å²) in [6.45, 7) is 1.25. The van der Waals surface area contributed by atoms with E-state index >= 15 is 0 Å². The SMILES string of the molecule is NC1CNC(C(=O)N2CC(Oc3ccc(CCB(O)O)c(O)c3C(=O)O)C2)C1. The third-order valence-corrected chi connectivity index (χ3v) is 5.03. The van der Waals surface area contributed by atoms with Gasteiger partial charge in [-0.15, -0.1) is 0 Å². The van der Waals surface area contributed by atoms with Crippen molar-refractivity contribution in [1.29, 1.82) is 0 Å². The summed E-state index contributed by atoms with van der Waals surface area (Å²) >= 11 is 0. The zero-order valence-electron chi connectivity index (χ0n) is 15.2. The third kappa shape index (κ3) is 4.38. The number of rotatable bonds is 7. The number of aryl methyl sites for hydroxylation is 1. The first-order valence-corrected chi connectivity index (χ1v) is 9.15. The number of hydrogen-bond acceptors (Lipinski definition) is 8. The molecule has 0 aromatic heterocycles. The van der Waals surface area contributed by atoms with E-state index in [-0.39, 0.29) is 53.7 Å². The molecule has 2 aliphatic heterocycles. The number of ether oxygens (including phenoxy) is 1. The van der Waals surface area contributed by atoms with Gasteiger partial charge in [-0.3, -0.25) is 4.79 Å². The average molecular weight is 393 g/mol. The molecule has 2 unspecified atom stereocenters. The maximum absolute atomic E-state index is 12.3. The largest absolute Gasteiger partial charge is 0.507 e. The Morgan fingerprint density at radius 1 is 1.32 bits per heavy atom. The van der Waals surface area contributed by atoms with E-state index < -0.39 is 18.8 Å². The van der Waals surface area contributed by atoms with Crippen molar-refractivity contribution < 1.29 is 34.6 Å². The maximum Gasteiger partial charge on any atom is 0.451 e. The molecule has 2 atom stereocenters. The molecule has 0 radical (unpaired) electrons. The first-order valence-electron chi connectivity index (χ1n) is 9.15. The molecule has 28 heavy (non-hydrogen) atoms. The van der Waals surface area contributed by atoms with Gasteiger partial charge in [0.25, 0.3) is 0 Å². The van der Waals surface area contributed by atoms with Crippen LogP contribution in [0.1, 0.15) is 22.3 Å². The van der Waals surface area contributed by atoms with Crippen LogP contribution in [-0.4, -0.2) is 82.0 Å². The minimum atomic E-state index is -1.55. The highest BCUT2D eigenvalue weighted by molar-refractivity contribution is 6.41. The Labute approximate surface area is 162 Å². The number of aromatic hydroxyl groups is 1. The van der Waals surface area contributed by atoms with E-state index in [1.807, 2.05) is 0 Å². The van der Waals surface area contributed by atoms with Gasteiger partial charge in [0.2, 0.25) is 5.91 Å². The average Bonchev–Trinajstić information content (AvgIpc) is 3.02. The Morgan fingerprint density at radius 3 is 2.61 bits per heavy atom. The molecule has 0 saturated carbocycles. The van der Waals surface area contributed by atoms with Crippen molar-refractivity contribution in [3.8, 4) is 11.5 Å². The number of carboxylic acids is 1. The van der Waals surface area contributed by atoms with Crippen LogP contribution < -0.4 is 15.8 Å². The number of benzene rings is 1. The predicted octanol–water partition coefficient (Wildman–Crippen LogP) is -1.62. The molecule has 1 aromatic rings. The minimum Gasteiger partial charge on any atom is -0.507 e. The van der Waals surface area contributed by atoms with Gasteiger partial charge in [0, 0.05) is 12.6 Å². The number of nitrogens with one attached hydrogen (secondary N) is 1. The Kier molecular flexibility index (Phi) is 6.09. The molecule has 152 valence electrons. The van der Waals surface area contributed by atoms with Gasteiger partial charge in [-0.1, -0.05) is 6.07 Å². The standard InChI is InChI=1S/C17H24BN3O7/c19-10-5-12(20-6-10)16(23)21-7-11(8-21)28-13-2-1-9(3-4-18(26)27)15(22)14(13)17(24)25/h1-2,10-12,20,22,26-27H,3-8,19H2,(H,24,25). The molecule has 2 heterocycles. The van der Waals surface area contributed by atoms with E-state index in [0.29, 0.717) is 26.1 Å². The molecule has 2 saturated heterocycles. The summed E-state index contributed by atoms with van der Waals surface area (Å²) in [4.78, 5) is 25.5. The highest BCUT2D eigenvalue weighted by atomic mass is 16.5. The first-order chi connectivity index (χ1) is 13.3. The van der Waals surface area contributed by atoms with Crippen LogP contribution >= 0.6 is 0 Å². The molecule has 1 aromatic carbocycles. The normalized spacial score (nSPS) is 22.0. The number of carbonyl (C=O) groups excluding carboxylic acids is 1. The topological polar surface area (TPSA) is 166 Å².